The van der Waals surface area contributed by atoms with Crippen LogP contribution in [0.2, 0.25) is 0 Å². The Kier molecular flexibility index (Phi) is 35.1. The number of nitrogens with two attached hydrogens (primary N) is 2. The maximum Gasteiger partial charge on any atom is 0.323 e. The Hall–Kier alpha value is -0.0851. The molecule has 1 rings (SSSR count). The van der Waals surface area contributed by atoms with Gasteiger partial charge in [-0.1, -0.05) is 14.9 Å². The first kappa shape index (κ1) is 29.9. The molecule has 10 heteroatoms. The van der Waals surface area contributed by atoms with Crippen molar-refractivity contribution in [1.29, 1.82) is 2.67 Å². The van der Waals surface area contributed by atoms with Crippen molar-refractivity contribution in [1.82, 2.24) is 0 Å². The van der Waals surface area contributed by atoms with Crippen molar-refractivity contribution < 1.29 is 19.4 Å². The molecule has 1 radical (unpaired) electrons. The highest BCUT2D eigenvalue weighted by Crippen LogP contribution is 2.00. The molecule has 1 fully saturated rings. The summed E-state index contributed by atoms with van der Waals surface area (Å²) in [5.74, 6) is -0.364. The van der Waals surface area contributed by atoms with Gasteiger partial charge in [0.05, 0.1) is 14.9 Å². The molecule has 1 heterocycles. The number of ether oxygens (including phenoxy) is 1. The topological polar surface area (TPSA) is 116 Å². The molecule has 0 amide bonds. The van der Waals surface area contributed by atoms with Crippen LogP contribution in [0, 0.1) is 0 Å². The molecular formula is C12H33BClN2O4S2. The van der Waals surface area contributed by atoms with E-state index in [-0.39, 0.29) is 39.3 Å². The van der Waals surface area contributed by atoms with Crippen LogP contribution in [0.25, 0.3) is 0 Å². The van der Waals surface area contributed by atoms with E-state index in [4.69, 9.17) is 19.2 Å². The SMILES string of the molecule is C.C.CS.CSCCC(N)C(=O)O.Cl.NC1CCOC1=O.[2H][B][3H]. The Labute approximate surface area is 155 Å². The van der Waals surface area contributed by atoms with Gasteiger partial charge in [-0.25, -0.2) is 0 Å². The predicted molar refractivity (Wildman–Crippen MR) is 106 cm³/mol. The number of esters is 1. The first-order chi connectivity index (χ1) is 9.90. The molecule has 5 N–H and O–H groups in total. The average molecular weight is 383 g/mol. The lowest BCUT2D eigenvalue weighted by molar-refractivity contribution is -0.139. The van der Waals surface area contributed by atoms with Crippen LogP contribution in [0.15, 0.2) is 0 Å². The number of carboxylic acids is 1. The fourth-order valence-electron chi connectivity index (χ4n) is 0.880. The molecule has 0 aromatic rings. The van der Waals surface area contributed by atoms with Gasteiger partial charge >= 0.3 is 11.9 Å². The Morgan fingerprint density at radius 2 is 2.18 bits per heavy atom. The molecule has 2 unspecified atom stereocenters. The Morgan fingerprint density at radius 1 is 1.73 bits per heavy atom. The number of aliphatic carboxylic acids is 1. The summed E-state index contributed by atoms with van der Waals surface area (Å²) >= 11 is 5.13. The quantitative estimate of drug-likeness (QED) is 0.322. The summed E-state index contributed by atoms with van der Waals surface area (Å²) in [5, 5.41) is 8.27. The highest BCUT2D eigenvalue weighted by Gasteiger charge is 2.21. The maximum absolute atomic E-state index is 10.2. The summed E-state index contributed by atoms with van der Waals surface area (Å²) in [4.78, 5) is 20.3. The predicted octanol–water partition coefficient (Wildman–Crippen LogP) is 0.736. The third-order valence-corrected chi connectivity index (χ3v) is 2.57. The first-order valence-corrected chi connectivity index (χ1v) is 7.62. The van der Waals surface area contributed by atoms with Crippen LogP contribution in [-0.4, -0.2) is 65.0 Å². The van der Waals surface area contributed by atoms with Crippen LogP contribution in [0.4, 0.5) is 0 Å². The average Bonchev–Trinajstić information content (AvgIpc) is 2.84. The van der Waals surface area contributed by atoms with E-state index in [2.05, 4.69) is 17.4 Å². The molecular weight excluding hydrogens is 347 g/mol. The van der Waals surface area contributed by atoms with Crippen LogP contribution < -0.4 is 11.5 Å². The number of carboxylic acid groups (broad SMARTS) is 1. The van der Waals surface area contributed by atoms with E-state index in [1.54, 1.807) is 18.0 Å². The number of carbonyl (C=O) groups excluding carboxylic acids is 1. The van der Waals surface area contributed by atoms with E-state index < -0.39 is 12.0 Å². The largest absolute Gasteiger partial charge is 0.480 e. The number of rotatable bonds is 4. The summed E-state index contributed by atoms with van der Waals surface area (Å²) in [7, 11) is 0.500. The van der Waals surface area contributed by atoms with Crippen molar-refractivity contribution in [3.05, 3.63) is 0 Å². The van der Waals surface area contributed by atoms with Gasteiger partial charge in [0.15, 0.2) is 0 Å². The summed E-state index contributed by atoms with van der Waals surface area (Å²) < 4.78 is 16.0. The lowest BCUT2D eigenvalue weighted by atomic mass is 10.2. The van der Waals surface area contributed by atoms with Crippen molar-refractivity contribution in [2.24, 2.45) is 11.5 Å². The van der Waals surface area contributed by atoms with Gasteiger partial charge in [-0.3, -0.25) is 9.59 Å². The van der Waals surface area contributed by atoms with Gasteiger partial charge in [0.2, 0.25) is 0 Å². The molecule has 0 spiro atoms. The van der Waals surface area contributed by atoms with Gasteiger partial charge in [0.1, 0.15) is 12.1 Å². The molecule has 1 saturated heterocycles. The van der Waals surface area contributed by atoms with Gasteiger partial charge in [-0.15, -0.1) is 12.4 Å². The van der Waals surface area contributed by atoms with Crippen LogP contribution in [-0.2, 0) is 14.3 Å². The molecule has 0 saturated carbocycles. The normalized spacial score (nSPS) is 16.0. The minimum atomic E-state index is -0.913. The second-order valence-electron chi connectivity index (χ2n) is 3.29. The van der Waals surface area contributed by atoms with Crippen LogP contribution in [0.3, 0.4) is 0 Å². The standard InChI is InChI=1S/C5H11NO2S.C4H7NO2.CH4S.2CH4.BH2.ClH/c1-9-3-2-4(6)5(7)8;5-3-1-2-7-4(3)6;1-2;;;;/h4H,2-3,6H2,1H3,(H,7,8);3H,1-2,5H2;2H,1H3;2*1H4;1H2;1H/i;;;;;1TD;. The summed E-state index contributed by atoms with van der Waals surface area (Å²) in [6.07, 6.45) is 4.85. The summed E-state index contributed by atoms with van der Waals surface area (Å²) in [6, 6.07) is -1.03. The van der Waals surface area contributed by atoms with Gasteiger partial charge in [0.25, 0.3) is 0 Å². The van der Waals surface area contributed by atoms with Crippen molar-refractivity contribution in [2.75, 3.05) is 24.9 Å². The number of carbonyl (C=O) groups is 2. The van der Waals surface area contributed by atoms with Crippen molar-refractivity contribution in [3.63, 3.8) is 0 Å². The van der Waals surface area contributed by atoms with E-state index >= 15 is 0 Å². The number of cyclic esters (lactones) is 1. The molecule has 0 aromatic carbocycles. The van der Waals surface area contributed by atoms with Gasteiger partial charge in [0, 0.05) is 6.42 Å². The molecule has 0 aliphatic carbocycles. The van der Waals surface area contributed by atoms with Crippen LogP contribution in [0.5, 0.6) is 0 Å². The number of hydrogen-bond acceptors (Lipinski definition) is 7. The van der Waals surface area contributed by atoms with Gasteiger partial charge in [-0.05, 0) is 27.4 Å². The Balaban J connectivity index is -0.0000000489. The molecule has 0 bridgehead atoms. The lowest BCUT2D eigenvalue weighted by Gasteiger charge is -2.02. The Bertz CT molecular complexity index is 277. The highest BCUT2D eigenvalue weighted by atomic mass is 35.5. The number of halogens is 1. The minimum absolute atomic E-state index is 0. The van der Waals surface area contributed by atoms with E-state index in [1.807, 2.05) is 6.26 Å². The van der Waals surface area contributed by atoms with E-state index in [9.17, 15) is 9.59 Å². The number of hydrogen-bond donors (Lipinski definition) is 4. The Morgan fingerprint density at radius 3 is 2.36 bits per heavy atom. The second kappa shape index (κ2) is 25.8. The molecule has 137 valence electrons. The second-order valence-corrected chi connectivity index (χ2v) is 4.27. The molecule has 2 atom stereocenters. The lowest BCUT2D eigenvalue weighted by Crippen LogP contribution is -2.30. The fourth-order valence-corrected chi connectivity index (χ4v) is 1.37. The zero-order chi connectivity index (χ0) is 17.3. The molecule has 6 nitrogen and oxygen atoms in total. The monoisotopic (exact) mass is 382 g/mol. The maximum atomic E-state index is 10.2. The summed E-state index contributed by atoms with van der Waals surface area (Å²) in [6.45, 7) is 0.500. The van der Waals surface area contributed by atoms with Crippen LogP contribution in [0.1, 0.15) is 27.7 Å². The first-order valence-electron chi connectivity index (χ1n) is 6.48. The van der Waals surface area contributed by atoms with E-state index in [0.717, 1.165) is 5.75 Å². The van der Waals surface area contributed by atoms with Gasteiger partial charge < -0.3 is 21.3 Å². The smallest absolute Gasteiger partial charge is 0.323 e. The number of thiol groups is 1. The zero-order valence-electron chi connectivity index (χ0n) is 13.7. The molecule has 0 aromatic heterocycles. The number of thioether (sulfide) groups is 1. The summed E-state index contributed by atoms with van der Waals surface area (Å²) in [5.41, 5.74) is 10.4. The third-order valence-electron chi connectivity index (χ3n) is 1.93. The minimum Gasteiger partial charge on any atom is -0.480 e. The molecule has 1 aliphatic heterocycles. The van der Waals surface area contributed by atoms with E-state index in [1.165, 1.54) is 0 Å². The highest BCUT2D eigenvalue weighted by molar-refractivity contribution is 7.98. The fraction of sp³-hybridized carbons (Fsp3) is 0.833. The zero-order valence-corrected chi connectivity index (χ0v) is 14.2. The van der Waals surface area contributed by atoms with Crippen LogP contribution >= 0.6 is 36.8 Å². The van der Waals surface area contributed by atoms with Crippen molar-refractivity contribution in [2.45, 2.75) is 39.8 Å². The van der Waals surface area contributed by atoms with Gasteiger partial charge in [-0.2, -0.15) is 24.4 Å². The third kappa shape index (κ3) is 22.2. The van der Waals surface area contributed by atoms with E-state index in [0.29, 0.717) is 27.8 Å². The van der Waals surface area contributed by atoms with Crippen molar-refractivity contribution in [3.8, 4) is 0 Å². The van der Waals surface area contributed by atoms with Crippen molar-refractivity contribution >= 4 is 57.1 Å². The molecule has 22 heavy (non-hydrogen) atoms. The molecule has 1 aliphatic rings.